The highest BCUT2D eigenvalue weighted by Crippen LogP contribution is 2.27. The average Bonchev–Trinajstić information content (AvgIpc) is 3.25. The van der Waals surface area contributed by atoms with E-state index in [4.69, 9.17) is 4.74 Å². The summed E-state index contributed by atoms with van der Waals surface area (Å²) < 4.78 is 5.23. The van der Waals surface area contributed by atoms with Gasteiger partial charge in [-0.25, -0.2) is 4.98 Å². The highest BCUT2D eigenvalue weighted by atomic mass is 16.5. The fourth-order valence-corrected chi connectivity index (χ4v) is 3.63. The van der Waals surface area contributed by atoms with E-state index in [9.17, 15) is 9.59 Å². The van der Waals surface area contributed by atoms with E-state index in [1.165, 1.54) is 6.07 Å². The van der Waals surface area contributed by atoms with Crippen LogP contribution in [0.2, 0.25) is 0 Å². The molecule has 1 aliphatic rings. The van der Waals surface area contributed by atoms with Crippen molar-refractivity contribution < 1.29 is 9.53 Å². The number of carbonyl (C=O) groups is 1. The lowest BCUT2D eigenvalue weighted by molar-refractivity contribution is -0.129. The third-order valence-electron chi connectivity index (χ3n) is 5.16. The first-order chi connectivity index (χ1) is 14.1. The van der Waals surface area contributed by atoms with Crippen molar-refractivity contribution in [3.63, 3.8) is 0 Å². The van der Waals surface area contributed by atoms with Crippen molar-refractivity contribution in [1.29, 1.82) is 0 Å². The van der Waals surface area contributed by atoms with E-state index in [1.54, 1.807) is 31.6 Å². The van der Waals surface area contributed by atoms with Crippen LogP contribution in [0.3, 0.4) is 0 Å². The minimum atomic E-state index is -0.192. The minimum Gasteiger partial charge on any atom is -0.497 e. The Hall–Kier alpha value is -3.48. The van der Waals surface area contributed by atoms with Gasteiger partial charge in [0.05, 0.1) is 19.2 Å². The van der Waals surface area contributed by atoms with Gasteiger partial charge in [-0.3, -0.25) is 14.6 Å². The van der Waals surface area contributed by atoms with Crippen molar-refractivity contribution in [2.45, 2.75) is 18.8 Å². The van der Waals surface area contributed by atoms with Gasteiger partial charge in [-0.05, 0) is 36.2 Å². The number of hydrogen-bond donors (Lipinski definition) is 1. The molecular formula is C22H22N4O3. The van der Waals surface area contributed by atoms with Crippen LogP contribution in [-0.4, -0.2) is 46.0 Å². The molecule has 0 bridgehead atoms. The first kappa shape index (κ1) is 18.9. The number of nitrogens with zero attached hydrogens (tertiary/aromatic N) is 3. The molecule has 29 heavy (non-hydrogen) atoms. The van der Waals surface area contributed by atoms with Gasteiger partial charge in [0.25, 0.3) is 5.56 Å². The van der Waals surface area contributed by atoms with Crippen LogP contribution in [0.4, 0.5) is 0 Å². The predicted octanol–water partition coefficient (Wildman–Crippen LogP) is 2.40. The molecule has 0 radical (unpaired) electrons. The monoisotopic (exact) mass is 390 g/mol. The first-order valence-electron chi connectivity index (χ1n) is 9.55. The van der Waals surface area contributed by atoms with E-state index in [-0.39, 0.29) is 17.4 Å². The largest absolute Gasteiger partial charge is 0.497 e. The van der Waals surface area contributed by atoms with E-state index < -0.39 is 0 Å². The molecule has 0 saturated carbocycles. The van der Waals surface area contributed by atoms with E-state index in [0.29, 0.717) is 25.3 Å². The molecule has 3 aromatic rings. The molecule has 1 N–H and O–H groups in total. The lowest BCUT2D eigenvalue weighted by Gasteiger charge is -2.17. The van der Waals surface area contributed by atoms with E-state index in [2.05, 4.69) is 15.0 Å². The van der Waals surface area contributed by atoms with Gasteiger partial charge in [0, 0.05) is 43.0 Å². The fourth-order valence-electron chi connectivity index (χ4n) is 3.63. The third kappa shape index (κ3) is 4.34. The SMILES string of the molecule is COc1cccc(CC(=O)N2CC[C@H](c3cc(=O)[nH]c(-c4ccncc4)n3)C2)c1. The summed E-state index contributed by atoms with van der Waals surface area (Å²) in [5.41, 5.74) is 2.26. The smallest absolute Gasteiger partial charge is 0.251 e. The number of nitrogens with one attached hydrogen (secondary N) is 1. The molecule has 0 unspecified atom stereocenters. The summed E-state index contributed by atoms with van der Waals surface area (Å²) in [5, 5.41) is 0. The second-order valence-electron chi connectivity index (χ2n) is 7.11. The summed E-state index contributed by atoms with van der Waals surface area (Å²) in [6.07, 6.45) is 4.44. The number of aromatic nitrogens is 3. The normalized spacial score (nSPS) is 16.0. The van der Waals surface area contributed by atoms with Crippen LogP contribution < -0.4 is 10.3 Å². The zero-order valence-electron chi connectivity index (χ0n) is 16.2. The van der Waals surface area contributed by atoms with Crippen molar-refractivity contribution in [1.82, 2.24) is 19.9 Å². The van der Waals surface area contributed by atoms with E-state index >= 15 is 0 Å². The van der Waals surface area contributed by atoms with Crippen molar-refractivity contribution in [2.75, 3.05) is 20.2 Å². The number of amides is 1. The van der Waals surface area contributed by atoms with Gasteiger partial charge in [-0.2, -0.15) is 0 Å². The summed E-state index contributed by atoms with van der Waals surface area (Å²) in [6, 6.07) is 12.7. The number of hydrogen-bond acceptors (Lipinski definition) is 5. The zero-order chi connectivity index (χ0) is 20.2. The molecule has 1 saturated heterocycles. The fraction of sp³-hybridized carbons (Fsp3) is 0.273. The number of carbonyl (C=O) groups excluding carboxylic acids is 1. The average molecular weight is 390 g/mol. The highest BCUT2D eigenvalue weighted by molar-refractivity contribution is 5.79. The molecule has 0 spiro atoms. The molecule has 148 valence electrons. The molecular weight excluding hydrogens is 368 g/mol. The Morgan fingerprint density at radius 3 is 2.86 bits per heavy atom. The van der Waals surface area contributed by atoms with Gasteiger partial charge >= 0.3 is 0 Å². The van der Waals surface area contributed by atoms with Crippen molar-refractivity contribution in [3.8, 4) is 17.1 Å². The molecule has 1 amide bonds. The van der Waals surface area contributed by atoms with Crippen LogP contribution in [-0.2, 0) is 11.2 Å². The van der Waals surface area contributed by atoms with E-state index in [1.807, 2.05) is 29.2 Å². The molecule has 3 heterocycles. The standard InChI is InChI=1S/C22H22N4O3/c1-29-18-4-2-3-15(11-18)12-21(28)26-10-7-17(14-26)19-13-20(27)25-22(24-19)16-5-8-23-9-6-16/h2-6,8-9,11,13,17H,7,10,12,14H2,1H3,(H,24,25,27)/t17-/m0/s1. The number of methoxy groups -OCH3 is 1. The van der Waals surface area contributed by atoms with Gasteiger partial charge in [0.1, 0.15) is 11.6 Å². The molecule has 4 rings (SSSR count). The molecule has 1 aliphatic heterocycles. The first-order valence-corrected chi connectivity index (χ1v) is 9.55. The Labute approximate surface area is 168 Å². The summed E-state index contributed by atoms with van der Waals surface area (Å²) >= 11 is 0. The van der Waals surface area contributed by atoms with Gasteiger partial charge in [-0.15, -0.1) is 0 Å². The maximum Gasteiger partial charge on any atom is 0.251 e. The second kappa shape index (κ2) is 8.26. The number of aromatic amines is 1. The number of likely N-dealkylation sites (tertiary alicyclic amines) is 1. The van der Waals surface area contributed by atoms with Gasteiger partial charge in [0.2, 0.25) is 5.91 Å². The van der Waals surface area contributed by atoms with Crippen molar-refractivity contribution in [2.24, 2.45) is 0 Å². The Morgan fingerprint density at radius 2 is 2.07 bits per heavy atom. The Bertz CT molecular complexity index is 1060. The maximum absolute atomic E-state index is 12.7. The quantitative estimate of drug-likeness (QED) is 0.723. The van der Waals surface area contributed by atoms with Crippen LogP contribution in [0.25, 0.3) is 11.4 Å². The van der Waals surface area contributed by atoms with E-state index in [0.717, 1.165) is 29.0 Å². The number of benzene rings is 1. The molecule has 7 heteroatoms. The summed E-state index contributed by atoms with van der Waals surface area (Å²) in [4.78, 5) is 38.2. The summed E-state index contributed by atoms with van der Waals surface area (Å²) in [7, 11) is 1.61. The minimum absolute atomic E-state index is 0.0483. The molecule has 1 fully saturated rings. The summed E-state index contributed by atoms with van der Waals surface area (Å²) in [6.45, 7) is 1.22. The molecule has 1 atom stereocenters. The van der Waals surface area contributed by atoms with Crippen LogP contribution in [0, 0.1) is 0 Å². The molecule has 0 aliphatic carbocycles. The Kier molecular flexibility index (Phi) is 5.37. The predicted molar refractivity (Wildman–Crippen MR) is 109 cm³/mol. The maximum atomic E-state index is 12.7. The highest BCUT2D eigenvalue weighted by Gasteiger charge is 2.28. The van der Waals surface area contributed by atoms with Crippen LogP contribution >= 0.6 is 0 Å². The van der Waals surface area contributed by atoms with Crippen molar-refractivity contribution in [3.05, 3.63) is 76.5 Å². The van der Waals surface area contributed by atoms with Crippen LogP contribution in [0.5, 0.6) is 5.75 Å². The van der Waals surface area contributed by atoms with Crippen molar-refractivity contribution >= 4 is 5.91 Å². The molecule has 2 aromatic heterocycles. The van der Waals surface area contributed by atoms with Crippen LogP contribution in [0.1, 0.15) is 23.6 Å². The van der Waals surface area contributed by atoms with Gasteiger partial charge < -0.3 is 14.6 Å². The Balaban J connectivity index is 1.47. The second-order valence-corrected chi connectivity index (χ2v) is 7.11. The number of H-pyrrole nitrogens is 1. The Morgan fingerprint density at radius 1 is 1.24 bits per heavy atom. The lowest BCUT2D eigenvalue weighted by atomic mass is 10.0. The number of pyridine rings is 1. The number of ether oxygens (including phenoxy) is 1. The topological polar surface area (TPSA) is 88.2 Å². The van der Waals surface area contributed by atoms with Gasteiger partial charge in [-0.1, -0.05) is 12.1 Å². The number of rotatable bonds is 5. The lowest BCUT2D eigenvalue weighted by Crippen LogP contribution is -2.30. The van der Waals surface area contributed by atoms with Crippen LogP contribution in [0.15, 0.2) is 59.7 Å². The van der Waals surface area contributed by atoms with Gasteiger partial charge in [0.15, 0.2) is 0 Å². The third-order valence-corrected chi connectivity index (χ3v) is 5.16. The zero-order valence-corrected chi connectivity index (χ0v) is 16.2. The summed E-state index contributed by atoms with van der Waals surface area (Å²) in [5.74, 6) is 1.38. The molecule has 1 aromatic carbocycles. The molecule has 7 nitrogen and oxygen atoms in total.